The van der Waals surface area contributed by atoms with Crippen molar-refractivity contribution in [3.05, 3.63) is 0 Å². The molecule has 16 heavy (non-hydrogen) atoms. The average molecular weight is 227 g/mol. The van der Waals surface area contributed by atoms with E-state index >= 15 is 0 Å². The van der Waals surface area contributed by atoms with Gasteiger partial charge in [-0.1, -0.05) is 20.3 Å². The molecule has 3 nitrogen and oxygen atoms in total. The van der Waals surface area contributed by atoms with Crippen LogP contribution in [-0.4, -0.2) is 54.6 Å². The van der Waals surface area contributed by atoms with Crippen molar-refractivity contribution in [3.63, 3.8) is 0 Å². The summed E-state index contributed by atoms with van der Waals surface area (Å²) in [6.07, 6.45) is 4.08. The van der Waals surface area contributed by atoms with Gasteiger partial charge in [0.15, 0.2) is 0 Å². The Balaban J connectivity index is 2.52. The summed E-state index contributed by atoms with van der Waals surface area (Å²) in [7, 11) is 0. The lowest BCUT2D eigenvalue weighted by molar-refractivity contribution is 0.0772. The average Bonchev–Trinajstić information content (AvgIpc) is 2.35. The second-order valence-corrected chi connectivity index (χ2v) is 4.96. The SMILES string of the molecule is CCN(CC)CC1CCCCN1C(C)CN. The quantitative estimate of drug-likeness (QED) is 0.747. The standard InChI is InChI=1S/C13H29N3/c1-4-15(5-2)11-13-8-6-7-9-16(13)12(3)10-14/h12-13H,4-11,14H2,1-3H3. The van der Waals surface area contributed by atoms with Crippen LogP contribution >= 0.6 is 0 Å². The summed E-state index contributed by atoms with van der Waals surface area (Å²) in [6, 6.07) is 1.27. The second kappa shape index (κ2) is 7.25. The van der Waals surface area contributed by atoms with Gasteiger partial charge in [-0.25, -0.2) is 0 Å². The molecule has 0 saturated carbocycles. The summed E-state index contributed by atoms with van der Waals surface area (Å²) >= 11 is 0. The summed E-state index contributed by atoms with van der Waals surface area (Å²) in [5.74, 6) is 0. The summed E-state index contributed by atoms with van der Waals surface area (Å²) in [4.78, 5) is 5.16. The van der Waals surface area contributed by atoms with E-state index in [9.17, 15) is 0 Å². The molecule has 1 fully saturated rings. The lowest BCUT2D eigenvalue weighted by Gasteiger charge is -2.41. The molecule has 0 bridgehead atoms. The molecule has 2 N–H and O–H groups in total. The van der Waals surface area contributed by atoms with Gasteiger partial charge in [0.05, 0.1) is 0 Å². The Kier molecular flexibility index (Phi) is 6.32. The Hall–Kier alpha value is -0.120. The molecule has 3 heteroatoms. The largest absolute Gasteiger partial charge is 0.329 e. The number of rotatable bonds is 6. The fraction of sp³-hybridized carbons (Fsp3) is 1.00. The lowest BCUT2D eigenvalue weighted by Crippen LogP contribution is -2.52. The van der Waals surface area contributed by atoms with E-state index in [0.29, 0.717) is 6.04 Å². The van der Waals surface area contributed by atoms with Crippen molar-refractivity contribution in [2.75, 3.05) is 32.7 Å². The van der Waals surface area contributed by atoms with Gasteiger partial charge in [-0.3, -0.25) is 4.90 Å². The summed E-state index contributed by atoms with van der Waals surface area (Å²) in [6.45, 7) is 12.3. The summed E-state index contributed by atoms with van der Waals surface area (Å²) in [5, 5.41) is 0. The van der Waals surface area contributed by atoms with Gasteiger partial charge in [-0.2, -0.15) is 0 Å². The summed E-state index contributed by atoms with van der Waals surface area (Å²) < 4.78 is 0. The van der Waals surface area contributed by atoms with Crippen LogP contribution in [0.25, 0.3) is 0 Å². The molecule has 0 spiro atoms. The van der Waals surface area contributed by atoms with Crippen molar-refractivity contribution in [1.82, 2.24) is 9.80 Å². The highest BCUT2D eigenvalue weighted by Crippen LogP contribution is 2.20. The molecule has 0 aliphatic carbocycles. The minimum atomic E-state index is 0.542. The van der Waals surface area contributed by atoms with Gasteiger partial charge >= 0.3 is 0 Å². The van der Waals surface area contributed by atoms with Crippen LogP contribution in [0.5, 0.6) is 0 Å². The molecule has 0 radical (unpaired) electrons. The third-order valence-corrected chi connectivity index (χ3v) is 3.94. The van der Waals surface area contributed by atoms with Crippen LogP contribution in [0, 0.1) is 0 Å². The Morgan fingerprint density at radius 3 is 2.56 bits per heavy atom. The van der Waals surface area contributed by atoms with Crippen molar-refractivity contribution in [2.24, 2.45) is 5.73 Å². The predicted octanol–water partition coefficient (Wildman–Crippen LogP) is 1.53. The van der Waals surface area contributed by atoms with Crippen LogP contribution in [0.3, 0.4) is 0 Å². The van der Waals surface area contributed by atoms with Crippen LogP contribution < -0.4 is 5.73 Å². The monoisotopic (exact) mass is 227 g/mol. The number of hydrogen-bond donors (Lipinski definition) is 1. The third-order valence-electron chi connectivity index (χ3n) is 3.94. The van der Waals surface area contributed by atoms with Crippen LogP contribution in [-0.2, 0) is 0 Å². The topological polar surface area (TPSA) is 32.5 Å². The first-order valence-corrected chi connectivity index (χ1v) is 6.91. The predicted molar refractivity (Wildman–Crippen MR) is 70.6 cm³/mol. The van der Waals surface area contributed by atoms with Gasteiger partial charge in [-0.05, 0) is 39.4 Å². The van der Waals surface area contributed by atoms with Crippen molar-refractivity contribution in [2.45, 2.75) is 52.1 Å². The maximum Gasteiger partial charge on any atom is 0.0226 e. The summed E-state index contributed by atoms with van der Waals surface area (Å²) in [5.41, 5.74) is 5.81. The molecule has 1 aliphatic heterocycles. The van der Waals surface area contributed by atoms with E-state index in [1.807, 2.05) is 0 Å². The highest BCUT2D eigenvalue weighted by atomic mass is 15.2. The number of likely N-dealkylation sites (tertiary alicyclic amines) is 1. The first kappa shape index (κ1) is 13.9. The molecule has 1 rings (SSSR count). The minimum absolute atomic E-state index is 0.542. The molecule has 1 heterocycles. The second-order valence-electron chi connectivity index (χ2n) is 4.96. The number of nitrogens with two attached hydrogens (primary N) is 1. The Labute approximate surface area is 101 Å². The zero-order valence-corrected chi connectivity index (χ0v) is 11.3. The fourth-order valence-corrected chi connectivity index (χ4v) is 2.71. The first-order chi connectivity index (χ1) is 7.72. The molecular formula is C13H29N3. The first-order valence-electron chi connectivity index (χ1n) is 6.91. The maximum absolute atomic E-state index is 5.81. The molecule has 1 aliphatic rings. The van der Waals surface area contributed by atoms with Gasteiger partial charge in [-0.15, -0.1) is 0 Å². The third kappa shape index (κ3) is 3.72. The maximum atomic E-state index is 5.81. The van der Waals surface area contributed by atoms with E-state index in [-0.39, 0.29) is 0 Å². The zero-order chi connectivity index (χ0) is 12.0. The zero-order valence-electron chi connectivity index (χ0n) is 11.3. The molecule has 96 valence electrons. The number of hydrogen-bond acceptors (Lipinski definition) is 3. The highest BCUT2D eigenvalue weighted by molar-refractivity contribution is 4.83. The normalized spacial score (nSPS) is 24.9. The van der Waals surface area contributed by atoms with Gasteiger partial charge in [0.1, 0.15) is 0 Å². The van der Waals surface area contributed by atoms with E-state index < -0.39 is 0 Å². The van der Waals surface area contributed by atoms with E-state index in [1.165, 1.54) is 32.4 Å². The smallest absolute Gasteiger partial charge is 0.0226 e. The van der Waals surface area contributed by atoms with Gasteiger partial charge in [0.25, 0.3) is 0 Å². The van der Waals surface area contributed by atoms with E-state index in [4.69, 9.17) is 5.73 Å². The van der Waals surface area contributed by atoms with Crippen LogP contribution in [0.1, 0.15) is 40.0 Å². The Bertz CT molecular complexity index is 180. The molecule has 0 amide bonds. The van der Waals surface area contributed by atoms with Crippen molar-refractivity contribution >= 4 is 0 Å². The van der Waals surface area contributed by atoms with Crippen molar-refractivity contribution < 1.29 is 0 Å². The van der Waals surface area contributed by atoms with Crippen LogP contribution in [0.4, 0.5) is 0 Å². The van der Waals surface area contributed by atoms with Crippen LogP contribution in [0.15, 0.2) is 0 Å². The molecule has 2 atom stereocenters. The molecular weight excluding hydrogens is 198 g/mol. The van der Waals surface area contributed by atoms with E-state index in [0.717, 1.165) is 25.7 Å². The number of likely N-dealkylation sites (N-methyl/N-ethyl adjacent to an activating group) is 1. The number of nitrogens with zero attached hydrogens (tertiary/aromatic N) is 2. The Morgan fingerprint density at radius 1 is 1.31 bits per heavy atom. The van der Waals surface area contributed by atoms with Gasteiger partial charge in [0, 0.05) is 25.2 Å². The molecule has 2 unspecified atom stereocenters. The molecule has 1 saturated heterocycles. The van der Waals surface area contributed by atoms with Gasteiger partial charge < -0.3 is 10.6 Å². The fourth-order valence-electron chi connectivity index (χ4n) is 2.71. The van der Waals surface area contributed by atoms with E-state index in [1.54, 1.807) is 0 Å². The molecule has 0 aromatic rings. The van der Waals surface area contributed by atoms with Crippen molar-refractivity contribution in [3.8, 4) is 0 Å². The van der Waals surface area contributed by atoms with Gasteiger partial charge in [0.2, 0.25) is 0 Å². The van der Waals surface area contributed by atoms with Crippen LogP contribution in [0.2, 0.25) is 0 Å². The lowest BCUT2D eigenvalue weighted by atomic mass is 9.99. The van der Waals surface area contributed by atoms with Crippen molar-refractivity contribution in [1.29, 1.82) is 0 Å². The van der Waals surface area contributed by atoms with E-state index in [2.05, 4.69) is 30.6 Å². The number of piperidine rings is 1. The molecule has 0 aromatic carbocycles. The minimum Gasteiger partial charge on any atom is -0.329 e. The molecule has 0 aromatic heterocycles. The highest BCUT2D eigenvalue weighted by Gasteiger charge is 2.26. The Morgan fingerprint density at radius 2 is 2.00 bits per heavy atom.